The first kappa shape index (κ1) is 17.1. The van der Waals surface area contributed by atoms with E-state index < -0.39 is 0 Å². The van der Waals surface area contributed by atoms with Gasteiger partial charge >= 0.3 is 0 Å². The van der Waals surface area contributed by atoms with Crippen LogP contribution in [-0.4, -0.2) is 49.8 Å². The van der Waals surface area contributed by atoms with Gasteiger partial charge in [-0.05, 0) is 20.8 Å². The van der Waals surface area contributed by atoms with Crippen molar-refractivity contribution in [3.05, 3.63) is 28.5 Å². The minimum absolute atomic E-state index is 0.0528. The summed E-state index contributed by atoms with van der Waals surface area (Å²) >= 11 is 1.47. The maximum Gasteiger partial charge on any atom is 0.274 e. The summed E-state index contributed by atoms with van der Waals surface area (Å²) in [6.45, 7) is 7.05. The average molecular weight is 336 g/mol. The maximum atomic E-state index is 12.2. The van der Waals surface area contributed by atoms with Gasteiger partial charge in [-0.3, -0.25) is 9.59 Å². The van der Waals surface area contributed by atoms with Crippen LogP contribution >= 0.6 is 11.3 Å². The highest BCUT2D eigenvalue weighted by atomic mass is 32.1. The fraction of sp³-hybridized carbons (Fsp3) is 0.500. The van der Waals surface area contributed by atoms with Crippen molar-refractivity contribution in [2.24, 2.45) is 0 Å². The Balaban J connectivity index is 1.96. The molecule has 0 radical (unpaired) electrons. The summed E-state index contributed by atoms with van der Waals surface area (Å²) in [6.07, 6.45) is 3.17. The standard InChI is InChI=1S/C14H20N6O2S/c1-4-19(5-2)12(21)9-20-8-11(17-18-20)13(22)16-10(3)14-15-6-7-23-14/h6-8,10H,4-5,9H2,1-3H3,(H,16,22)/t10-/m1/s1. The van der Waals surface area contributed by atoms with E-state index in [9.17, 15) is 9.59 Å². The van der Waals surface area contributed by atoms with E-state index in [1.807, 2.05) is 26.2 Å². The normalized spacial score (nSPS) is 12.0. The van der Waals surface area contributed by atoms with Crippen LogP contribution in [0.1, 0.15) is 42.3 Å². The Morgan fingerprint density at radius 2 is 2.13 bits per heavy atom. The van der Waals surface area contributed by atoms with Gasteiger partial charge in [0.25, 0.3) is 5.91 Å². The van der Waals surface area contributed by atoms with Gasteiger partial charge in [0.1, 0.15) is 11.6 Å². The molecule has 23 heavy (non-hydrogen) atoms. The van der Waals surface area contributed by atoms with Crippen LogP contribution in [0, 0.1) is 0 Å². The molecule has 2 heterocycles. The third-order valence-corrected chi connectivity index (χ3v) is 4.31. The first-order valence-electron chi connectivity index (χ1n) is 7.43. The molecular weight excluding hydrogens is 316 g/mol. The van der Waals surface area contributed by atoms with E-state index in [0.717, 1.165) is 5.01 Å². The number of thiazole rings is 1. The van der Waals surface area contributed by atoms with E-state index in [1.54, 1.807) is 11.1 Å². The topological polar surface area (TPSA) is 93.0 Å². The summed E-state index contributed by atoms with van der Waals surface area (Å²) in [4.78, 5) is 30.0. The predicted octanol–water partition coefficient (Wildman–Crippen LogP) is 1.09. The second-order valence-corrected chi connectivity index (χ2v) is 5.86. The summed E-state index contributed by atoms with van der Waals surface area (Å²) in [6, 6.07) is -0.204. The molecule has 0 fully saturated rings. The fourth-order valence-electron chi connectivity index (χ4n) is 2.08. The third kappa shape index (κ3) is 4.35. The number of likely N-dealkylation sites (N-methyl/N-ethyl adjacent to an activating group) is 1. The lowest BCUT2D eigenvalue weighted by molar-refractivity contribution is -0.131. The van der Waals surface area contributed by atoms with Crippen LogP contribution in [0.3, 0.4) is 0 Å². The van der Waals surface area contributed by atoms with Crippen molar-refractivity contribution in [3.63, 3.8) is 0 Å². The summed E-state index contributed by atoms with van der Waals surface area (Å²) in [7, 11) is 0. The zero-order chi connectivity index (χ0) is 16.8. The summed E-state index contributed by atoms with van der Waals surface area (Å²) in [5.41, 5.74) is 0.181. The van der Waals surface area contributed by atoms with Crippen LogP contribution in [0.4, 0.5) is 0 Å². The van der Waals surface area contributed by atoms with Crippen LogP contribution in [0.25, 0.3) is 0 Å². The van der Waals surface area contributed by atoms with Gasteiger partial charge in [0.2, 0.25) is 5.91 Å². The molecule has 2 aromatic heterocycles. The van der Waals surface area contributed by atoms with Crippen LogP contribution in [0.2, 0.25) is 0 Å². The SMILES string of the molecule is CCN(CC)C(=O)Cn1cc(C(=O)N[C@H](C)c2nccs2)nn1. The largest absolute Gasteiger partial charge is 0.342 e. The van der Waals surface area contributed by atoms with Crippen molar-refractivity contribution in [1.82, 2.24) is 30.2 Å². The quantitative estimate of drug-likeness (QED) is 0.817. The lowest BCUT2D eigenvalue weighted by Gasteiger charge is -2.17. The van der Waals surface area contributed by atoms with Crippen molar-refractivity contribution in [3.8, 4) is 0 Å². The van der Waals surface area contributed by atoms with Crippen LogP contribution in [0.5, 0.6) is 0 Å². The first-order valence-corrected chi connectivity index (χ1v) is 8.31. The molecule has 0 aliphatic rings. The number of nitrogens with zero attached hydrogens (tertiary/aromatic N) is 5. The lowest BCUT2D eigenvalue weighted by atomic mass is 10.3. The molecule has 0 aliphatic heterocycles. The molecule has 2 amide bonds. The van der Waals surface area contributed by atoms with Gasteiger partial charge in [0, 0.05) is 24.7 Å². The second-order valence-electron chi connectivity index (χ2n) is 4.93. The van der Waals surface area contributed by atoms with Gasteiger partial charge in [-0.25, -0.2) is 9.67 Å². The van der Waals surface area contributed by atoms with Gasteiger partial charge in [-0.1, -0.05) is 5.21 Å². The molecule has 1 N–H and O–H groups in total. The number of carbonyl (C=O) groups excluding carboxylic acids is 2. The number of aromatic nitrogens is 4. The minimum atomic E-state index is -0.339. The molecule has 0 aliphatic carbocycles. The molecule has 2 aromatic rings. The van der Waals surface area contributed by atoms with E-state index in [4.69, 9.17) is 0 Å². The fourth-order valence-corrected chi connectivity index (χ4v) is 2.72. The Morgan fingerprint density at radius 3 is 2.74 bits per heavy atom. The van der Waals surface area contributed by atoms with Crippen LogP contribution in [-0.2, 0) is 11.3 Å². The molecule has 0 aromatic carbocycles. The Kier molecular flexibility index (Phi) is 5.80. The Labute approximate surface area is 138 Å². The first-order chi connectivity index (χ1) is 11.0. The third-order valence-electron chi connectivity index (χ3n) is 3.35. The van der Waals surface area contributed by atoms with E-state index in [0.29, 0.717) is 13.1 Å². The monoisotopic (exact) mass is 336 g/mol. The Bertz CT molecular complexity index is 650. The highest BCUT2D eigenvalue weighted by Gasteiger charge is 2.17. The molecule has 0 saturated carbocycles. The van der Waals surface area contributed by atoms with E-state index in [2.05, 4.69) is 20.6 Å². The van der Waals surface area contributed by atoms with Gasteiger partial charge in [-0.2, -0.15) is 0 Å². The molecule has 8 nitrogen and oxygen atoms in total. The predicted molar refractivity (Wildman–Crippen MR) is 85.9 cm³/mol. The van der Waals surface area contributed by atoms with E-state index in [1.165, 1.54) is 22.2 Å². The molecule has 0 spiro atoms. The van der Waals surface area contributed by atoms with Crippen molar-refractivity contribution < 1.29 is 9.59 Å². The summed E-state index contributed by atoms with van der Waals surface area (Å²) < 4.78 is 1.38. The molecule has 9 heteroatoms. The number of rotatable bonds is 7. The van der Waals surface area contributed by atoms with Crippen LogP contribution < -0.4 is 5.32 Å². The smallest absolute Gasteiger partial charge is 0.274 e. The average Bonchev–Trinajstić information content (AvgIpc) is 3.19. The number of hydrogen-bond acceptors (Lipinski definition) is 6. The molecule has 0 bridgehead atoms. The molecule has 1 atom stereocenters. The van der Waals surface area contributed by atoms with Crippen molar-refractivity contribution >= 4 is 23.2 Å². The van der Waals surface area contributed by atoms with Crippen LogP contribution in [0.15, 0.2) is 17.8 Å². The molecule has 2 rings (SSSR count). The Hall–Kier alpha value is -2.29. The van der Waals surface area contributed by atoms with Gasteiger partial charge in [0.15, 0.2) is 5.69 Å². The van der Waals surface area contributed by atoms with Gasteiger partial charge in [-0.15, -0.1) is 16.4 Å². The second kappa shape index (κ2) is 7.82. The summed E-state index contributed by atoms with van der Waals surface area (Å²) in [5.74, 6) is -0.391. The van der Waals surface area contributed by atoms with Crippen molar-refractivity contribution in [2.75, 3.05) is 13.1 Å². The van der Waals surface area contributed by atoms with E-state index >= 15 is 0 Å². The van der Waals surface area contributed by atoms with Crippen molar-refractivity contribution in [2.45, 2.75) is 33.4 Å². The number of amides is 2. The summed E-state index contributed by atoms with van der Waals surface area (Å²) in [5, 5.41) is 13.2. The van der Waals surface area contributed by atoms with Gasteiger partial charge in [0.05, 0.1) is 12.2 Å². The lowest BCUT2D eigenvalue weighted by Crippen LogP contribution is -2.33. The van der Waals surface area contributed by atoms with E-state index in [-0.39, 0.29) is 30.1 Å². The molecule has 124 valence electrons. The van der Waals surface area contributed by atoms with Crippen molar-refractivity contribution in [1.29, 1.82) is 0 Å². The molecular formula is C14H20N6O2S. The highest BCUT2D eigenvalue weighted by molar-refractivity contribution is 7.09. The Morgan fingerprint density at radius 1 is 1.39 bits per heavy atom. The zero-order valence-corrected chi connectivity index (χ0v) is 14.2. The number of hydrogen-bond donors (Lipinski definition) is 1. The maximum absolute atomic E-state index is 12.2. The number of nitrogens with one attached hydrogen (secondary N) is 1. The molecule has 0 saturated heterocycles. The highest BCUT2D eigenvalue weighted by Crippen LogP contribution is 2.14. The minimum Gasteiger partial charge on any atom is -0.342 e. The zero-order valence-electron chi connectivity index (χ0n) is 13.4. The molecule has 0 unspecified atom stereocenters. The van der Waals surface area contributed by atoms with Gasteiger partial charge < -0.3 is 10.2 Å². The number of carbonyl (C=O) groups is 2.